The van der Waals surface area contributed by atoms with Gasteiger partial charge in [0.05, 0.1) is 31.0 Å². The van der Waals surface area contributed by atoms with Crippen LogP contribution in [-0.4, -0.2) is 43.5 Å². The van der Waals surface area contributed by atoms with Crippen molar-refractivity contribution in [3.63, 3.8) is 0 Å². The lowest BCUT2D eigenvalue weighted by molar-refractivity contribution is -0.130. The average Bonchev–Trinajstić information content (AvgIpc) is 3.54. The van der Waals surface area contributed by atoms with Gasteiger partial charge in [0.25, 0.3) is 0 Å². The third-order valence-corrected chi connectivity index (χ3v) is 5.68. The molecule has 1 unspecified atom stereocenters. The first-order valence-corrected chi connectivity index (χ1v) is 10.6. The molecule has 9 heteroatoms. The fourth-order valence-electron chi connectivity index (χ4n) is 3.99. The summed E-state index contributed by atoms with van der Waals surface area (Å²) >= 11 is 0. The number of aromatic nitrogens is 4. The van der Waals surface area contributed by atoms with Crippen LogP contribution in [0.5, 0.6) is 0 Å². The second kappa shape index (κ2) is 8.80. The van der Waals surface area contributed by atoms with E-state index in [4.69, 9.17) is 9.15 Å². The summed E-state index contributed by atoms with van der Waals surface area (Å²) in [7, 11) is 0. The van der Waals surface area contributed by atoms with Crippen LogP contribution in [0.3, 0.4) is 0 Å². The van der Waals surface area contributed by atoms with Gasteiger partial charge in [-0.2, -0.15) is 0 Å². The third kappa shape index (κ3) is 4.19. The lowest BCUT2D eigenvalue weighted by atomic mass is 10.2. The normalized spacial score (nSPS) is 16.1. The van der Waals surface area contributed by atoms with E-state index >= 15 is 0 Å². The summed E-state index contributed by atoms with van der Waals surface area (Å²) in [6.07, 6.45) is 2.65. The number of nitrogens with zero attached hydrogens (tertiary/aromatic N) is 5. The quantitative estimate of drug-likeness (QED) is 0.444. The highest BCUT2D eigenvalue weighted by molar-refractivity contribution is 5.79. The largest absolute Gasteiger partial charge is 0.420 e. The SMILES string of the molecule is O=C(Cn1c(=O)oc2ccccc21)N1CCC(n2cc(COCc3ccccc3)nn2)C1. The molecule has 1 amide bonds. The molecule has 0 spiro atoms. The molecule has 164 valence electrons. The summed E-state index contributed by atoms with van der Waals surface area (Å²) in [5.41, 5.74) is 2.96. The zero-order valence-corrected chi connectivity index (χ0v) is 17.5. The molecule has 1 atom stereocenters. The molecule has 1 saturated heterocycles. The van der Waals surface area contributed by atoms with Gasteiger partial charge in [-0.05, 0) is 24.1 Å². The van der Waals surface area contributed by atoms with Crippen molar-refractivity contribution in [2.45, 2.75) is 32.2 Å². The fraction of sp³-hybridized carbons (Fsp3) is 0.304. The Labute approximate surface area is 183 Å². The van der Waals surface area contributed by atoms with Crippen LogP contribution in [0, 0.1) is 0 Å². The van der Waals surface area contributed by atoms with Crippen LogP contribution in [0.1, 0.15) is 23.7 Å². The Morgan fingerprint density at radius 1 is 1.09 bits per heavy atom. The summed E-state index contributed by atoms with van der Waals surface area (Å²) in [6.45, 7) is 1.98. The van der Waals surface area contributed by atoms with Crippen LogP contribution in [-0.2, 0) is 29.3 Å². The number of fused-ring (bicyclic) bond motifs is 1. The van der Waals surface area contributed by atoms with E-state index < -0.39 is 5.76 Å². The number of benzene rings is 2. The summed E-state index contributed by atoms with van der Waals surface area (Å²) in [4.78, 5) is 26.7. The van der Waals surface area contributed by atoms with Gasteiger partial charge in [0, 0.05) is 13.1 Å². The molecule has 0 radical (unpaired) electrons. The van der Waals surface area contributed by atoms with Gasteiger partial charge in [0.1, 0.15) is 12.2 Å². The molecule has 0 bridgehead atoms. The minimum atomic E-state index is -0.522. The first kappa shape index (κ1) is 20.2. The molecule has 3 heterocycles. The fourth-order valence-corrected chi connectivity index (χ4v) is 3.99. The second-order valence-corrected chi connectivity index (χ2v) is 7.87. The number of rotatable bonds is 7. The van der Waals surface area contributed by atoms with Gasteiger partial charge >= 0.3 is 5.76 Å². The molecule has 2 aromatic heterocycles. The van der Waals surface area contributed by atoms with Gasteiger partial charge in [-0.15, -0.1) is 5.10 Å². The van der Waals surface area contributed by atoms with Gasteiger partial charge in [0.15, 0.2) is 5.58 Å². The molecule has 2 aromatic carbocycles. The van der Waals surface area contributed by atoms with Gasteiger partial charge in [-0.3, -0.25) is 9.36 Å². The average molecular weight is 433 g/mol. The minimum absolute atomic E-state index is 0.0432. The smallest absolute Gasteiger partial charge is 0.408 e. The van der Waals surface area contributed by atoms with E-state index in [1.54, 1.807) is 27.8 Å². The predicted octanol–water partition coefficient (Wildman–Crippen LogP) is 2.38. The molecule has 0 aliphatic carbocycles. The van der Waals surface area contributed by atoms with Crippen LogP contribution in [0.15, 0.2) is 70.0 Å². The molecule has 1 fully saturated rings. The van der Waals surface area contributed by atoms with Gasteiger partial charge in [-0.1, -0.05) is 47.7 Å². The highest BCUT2D eigenvalue weighted by Crippen LogP contribution is 2.22. The zero-order valence-electron chi connectivity index (χ0n) is 17.5. The van der Waals surface area contributed by atoms with E-state index in [1.807, 2.05) is 42.6 Å². The molecule has 5 rings (SSSR count). The number of likely N-dealkylation sites (tertiary alicyclic amines) is 1. The number of para-hydroxylation sites is 2. The van der Waals surface area contributed by atoms with E-state index in [9.17, 15) is 9.59 Å². The molecular weight excluding hydrogens is 410 g/mol. The monoisotopic (exact) mass is 433 g/mol. The minimum Gasteiger partial charge on any atom is -0.408 e. The first-order chi connectivity index (χ1) is 15.7. The van der Waals surface area contributed by atoms with Crippen LogP contribution in [0.4, 0.5) is 0 Å². The Hall–Kier alpha value is -3.72. The van der Waals surface area contributed by atoms with Crippen LogP contribution < -0.4 is 5.76 Å². The van der Waals surface area contributed by atoms with Crippen molar-refractivity contribution in [3.05, 3.63) is 82.6 Å². The van der Waals surface area contributed by atoms with Gasteiger partial charge in [0.2, 0.25) is 5.91 Å². The maximum absolute atomic E-state index is 12.8. The number of oxazole rings is 1. The van der Waals surface area contributed by atoms with Crippen molar-refractivity contribution in [1.82, 2.24) is 24.5 Å². The Morgan fingerprint density at radius 2 is 1.91 bits per heavy atom. The number of hydrogen-bond acceptors (Lipinski definition) is 6. The van der Waals surface area contributed by atoms with Crippen molar-refractivity contribution >= 4 is 17.0 Å². The number of amides is 1. The maximum Gasteiger partial charge on any atom is 0.420 e. The molecule has 1 aliphatic heterocycles. The van der Waals surface area contributed by atoms with Crippen molar-refractivity contribution in [1.29, 1.82) is 0 Å². The second-order valence-electron chi connectivity index (χ2n) is 7.87. The molecular formula is C23H23N5O4. The van der Waals surface area contributed by atoms with Crippen molar-refractivity contribution in [2.24, 2.45) is 0 Å². The predicted molar refractivity (Wildman–Crippen MR) is 116 cm³/mol. The summed E-state index contributed by atoms with van der Waals surface area (Å²) < 4.78 is 14.1. The lowest BCUT2D eigenvalue weighted by Crippen LogP contribution is -2.34. The lowest BCUT2D eigenvalue weighted by Gasteiger charge is -2.16. The Bertz CT molecular complexity index is 1280. The topological polar surface area (TPSA) is 95.4 Å². The number of carbonyl (C=O) groups excluding carboxylic acids is 1. The zero-order chi connectivity index (χ0) is 21.9. The molecule has 0 N–H and O–H groups in total. The Kier molecular flexibility index (Phi) is 5.55. The van der Waals surface area contributed by atoms with Crippen LogP contribution >= 0.6 is 0 Å². The highest BCUT2D eigenvalue weighted by atomic mass is 16.5. The van der Waals surface area contributed by atoms with Crippen molar-refractivity contribution in [2.75, 3.05) is 13.1 Å². The van der Waals surface area contributed by atoms with E-state index in [-0.39, 0.29) is 18.5 Å². The summed E-state index contributed by atoms with van der Waals surface area (Å²) in [6, 6.07) is 17.1. The molecule has 32 heavy (non-hydrogen) atoms. The van der Waals surface area contributed by atoms with Crippen molar-refractivity contribution in [3.8, 4) is 0 Å². The summed E-state index contributed by atoms with van der Waals surface area (Å²) in [5.74, 6) is -0.639. The van der Waals surface area contributed by atoms with Gasteiger partial charge in [-0.25, -0.2) is 9.48 Å². The number of hydrogen-bond donors (Lipinski definition) is 0. The van der Waals surface area contributed by atoms with E-state index in [0.29, 0.717) is 37.4 Å². The molecule has 9 nitrogen and oxygen atoms in total. The van der Waals surface area contributed by atoms with E-state index in [1.165, 1.54) is 4.57 Å². The highest BCUT2D eigenvalue weighted by Gasteiger charge is 2.29. The molecule has 0 saturated carbocycles. The molecule has 1 aliphatic rings. The number of ether oxygens (including phenoxy) is 1. The first-order valence-electron chi connectivity index (χ1n) is 10.6. The van der Waals surface area contributed by atoms with Gasteiger partial charge < -0.3 is 14.1 Å². The van der Waals surface area contributed by atoms with Crippen LogP contribution in [0.25, 0.3) is 11.1 Å². The van der Waals surface area contributed by atoms with E-state index in [2.05, 4.69) is 10.3 Å². The Balaban J connectivity index is 1.17. The standard InChI is InChI=1S/C23H23N5O4/c29-22(14-27-20-8-4-5-9-21(20)32-23(27)30)26-11-10-19(13-26)28-12-18(24-25-28)16-31-15-17-6-2-1-3-7-17/h1-9,12,19H,10-11,13-16H2. The van der Waals surface area contributed by atoms with Crippen LogP contribution in [0.2, 0.25) is 0 Å². The Morgan fingerprint density at radius 3 is 2.78 bits per heavy atom. The summed E-state index contributed by atoms with van der Waals surface area (Å²) in [5, 5.41) is 8.42. The van der Waals surface area contributed by atoms with E-state index in [0.717, 1.165) is 17.7 Å². The number of carbonyl (C=O) groups is 1. The van der Waals surface area contributed by atoms with Crippen molar-refractivity contribution < 1.29 is 13.9 Å². The third-order valence-electron chi connectivity index (χ3n) is 5.68. The maximum atomic E-state index is 12.8. The molecule has 4 aromatic rings.